The molecule has 0 aromatic heterocycles. The SMILES string of the molecule is COc1ccc([N+](=O)[O-])cc1NC(=O)CCC1NC(=O)c2ccccc2NC1=O. The number of non-ortho nitro benzene ring substituents is 1. The van der Waals surface area contributed by atoms with Crippen LogP contribution in [0.4, 0.5) is 17.1 Å². The molecule has 0 fully saturated rings. The minimum absolute atomic E-state index is 0.0502. The number of amides is 3. The number of carbonyl (C=O) groups is 3. The Morgan fingerprint density at radius 2 is 2.00 bits per heavy atom. The van der Waals surface area contributed by atoms with Crippen LogP contribution >= 0.6 is 0 Å². The van der Waals surface area contributed by atoms with Gasteiger partial charge in [0.05, 0.1) is 29.0 Å². The van der Waals surface area contributed by atoms with Gasteiger partial charge in [-0.15, -0.1) is 0 Å². The van der Waals surface area contributed by atoms with Crippen molar-refractivity contribution in [3.63, 3.8) is 0 Å². The van der Waals surface area contributed by atoms with Crippen molar-refractivity contribution >= 4 is 34.8 Å². The second kappa shape index (κ2) is 8.38. The monoisotopic (exact) mass is 398 g/mol. The second-order valence-electron chi connectivity index (χ2n) is 6.29. The number of nitrogens with one attached hydrogen (secondary N) is 3. The van der Waals surface area contributed by atoms with E-state index in [0.717, 1.165) is 0 Å². The normalized spacial score (nSPS) is 15.4. The number of rotatable bonds is 6. The number of para-hydroxylation sites is 1. The van der Waals surface area contributed by atoms with Crippen molar-refractivity contribution in [3.05, 3.63) is 58.1 Å². The first kappa shape index (κ1) is 19.8. The van der Waals surface area contributed by atoms with Crippen LogP contribution in [0.5, 0.6) is 5.75 Å². The quantitative estimate of drug-likeness (QED) is 0.503. The zero-order valence-electron chi connectivity index (χ0n) is 15.4. The summed E-state index contributed by atoms with van der Waals surface area (Å²) in [5.41, 5.74) is 0.695. The number of hydrogen-bond donors (Lipinski definition) is 3. The predicted molar refractivity (Wildman–Crippen MR) is 104 cm³/mol. The van der Waals surface area contributed by atoms with Crippen molar-refractivity contribution in [2.24, 2.45) is 0 Å². The minimum Gasteiger partial charge on any atom is -0.495 e. The molecule has 0 saturated carbocycles. The van der Waals surface area contributed by atoms with Crippen molar-refractivity contribution in [2.75, 3.05) is 17.7 Å². The third-order valence-corrected chi connectivity index (χ3v) is 4.38. The summed E-state index contributed by atoms with van der Waals surface area (Å²) in [6, 6.07) is 9.53. The molecule has 1 aliphatic rings. The third kappa shape index (κ3) is 4.49. The van der Waals surface area contributed by atoms with Gasteiger partial charge in [-0.1, -0.05) is 12.1 Å². The largest absolute Gasteiger partial charge is 0.495 e. The molecule has 0 bridgehead atoms. The van der Waals surface area contributed by atoms with Gasteiger partial charge < -0.3 is 20.7 Å². The summed E-state index contributed by atoms with van der Waals surface area (Å²) in [5, 5.41) is 18.7. The summed E-state index contributed by atoms with van der Waals surface area (Å²) < 4.78 is 5.10. The third-order valence-electron chi connectivity index (χ3n) is 4.38. The molecule has 0 radical (unpaired) electrons. The van der Waals surface area contributed by atoms with Crippen LogP contribution in [0.15, 0.2) is 42.5 Å². The number of ether oxygens (including phenoxy) is 1. The number of anilines is 2. The molecule has 1 atom stereocenters. The van der Waals surface area contributed by atoms with Gasteiger partial charge in [0.25, 0.3) is 11.6 Å². The van der Waals surface area contributed by atoms with E-state index in [1.807, 2.05) is 0 Å². The molecule has 3 amide bonds. The van der Waals surface area contributed by atoms with Gasteiger partial charge in [-0.3, -0.25) is 24.5 Å². The molecule has 0 spiro atoms. The molecule has 3 N–H and O–H groups in total. The van der Waals surface area contributed by atoms with Gasteiger partial charge in [-0.05, 0) is 24.6 Å². The van der Waals surface area contributed by atoms with E-state index >= 15 is 0 Å². The highest BCUT2D eigenvalue weighted by atomic mass is 16.6. The van der Waals surface area contributed by atoms with Crippen molar-refractivity contribution in [1.29, 1.82) is 0 Å². The average molecular weight is 398 g/mol. The number of carbonyl (C=O) groups excluding carboxylic acids is 3. The first-order chi connectivity index (χ1) is 13.9. The highest BCUT2D eigenvalue weighted by Gasteiger charge is 2.28. The maximum Gasteiger partial charge on any atom is 0.271 e. The molecule has 0 saturated heterocycles. The van der Waals surface area contributed by atoms with Gasteiger partial charge >= 0.3 is 0 Å². The van der Waals surface area contributed by atoms with E-state index in [-0.39, 0.29) is 30.0 Å². The van der Waals surface area contributed by atoms with Crippen LogP contribution in [0, 0.1) is 10.1 Å². The fourth-order valence-corrected chi connectivity index (χ4v) is 2.91. The molecular formula is C19H18N4O6. The number of nitro benzene ring substituents is 1. The van der Waals surface area contributed by atoms with Gasteiger partial charge in [0.2, 0.25) is 11.8 Å². The standard InChI is InChI=1S/C19H18N4O6/c1-29-16-8-6-11(23(27)28)10-15(16)20-17(24)9-7-14-19(26)21-13-5-3-2-4-12(13)18(25)22-14/h2-6,8,10,14H,7,9H2,1H3,(H,20,24)(H,21,26)(H,22,25). The lowest BCUT2D eigenvalue weighted by molar-refractivity contribution is -0.384. The Balaban J connectivity index is 1.65. The highest BCUT2D eigenvalue weighted by Crippen LogP contribution is 2.29. The first-order valence-electron chi connectivity index (χ1n) is 8.72. The van der Waals surface area contributed by atoms with Crippen LogP contribution in [0.3, 0.4) is 0 Å². The number of fused-ring (bicyclic) bond motifs is 1. The molecule has 2 aromatic carbocycles. The Morgan fingerprint density at radius 3 is 2.72 bits per heavy atom. The van der Waals surface area contributed by atoms with Crippen LogP contribution < -0.4 is 20.7 Å². The topological polar surface area (TPSA) is 140 Å². The van der Waals surface area contributed by atoms with E-state index in [9.17, 15) is 24.5 Å². The van der Waals surface area contributed by atoms with E-state index in [1.165, 1.54) is 25.3 Å². The second-order valence-corrected chi connectivity index (χ2v) is 6.29. The molecule has 1 aliphatic heterocycles. The van der Waals surface area contributed by atoms with E-state index in [4.69, 9.17) is 4.74 Å². The fourth-order valence-electron chi connectivity index (χ4n) is 2.91. The molecular weight excluding hydrogens is 380 g/mol. The first-order valence-corrected chi connectivity index (χ1v) is 8.72. The Hall–Kier alpha value is -3.95. The van der Waals surface area contributed by atoms with Crippen LogP contribution in [0.25, 0.3) is 0 Å². The van der Waals surface area contributed by atoms with Gasteiger partial charge in [0.15, 0.2) is 0 Å². The summed E-state index contributed by atoms with van der Waals surface area (Å²) >= 11 is 0. The lowest BCUT2D eigenvalue weighted by atomic mass is 10.1. The van der Waals surface area contributed by atoms with Crippen molar-refractivity contribution in [3.8, 4) is 5.75 Å². The summed E-state index contributed by atoms with van der Waals surface area (Å²) in [4.78, 5) is 47.3. The van der Waals surface area contributed by atoms with Gasteiger partial charge in [-0.25, -0.2) is 0 Å². The van der Waals surface area contributed by atoms with Gasteiger partial charge in [-0.2, -0.15) is 0 Å². The lowest BCUT2D eigenvalue weighted by Gasteiger charge is -2.15. The average Bonchev–Trinajstić information content (AvgIpc) is 2.82. The van der Waals surface area contributed by atoms with Crippen LogP contribution in [-0.4, -0.2) is 35.8 Å². The summed E-state index contributed by atoms with van der Waals surface area (Å²) in [5.74, 6) is -1.05. The molecule has 29 heavy (non-hydrogen) atoms. The molecule has 150 valence electrons. The maximum absolute atomic E-state index is 12.4. The number of benzene rings is 2. The van der Waals surface area contributed by atoms with Crippen molar-refractivity contribution < 1.29 is 24.0 Å². The number of methoxy groups -OCH3 is 1. The van der Waals surface area contributed by atoms with E-state index in [1.54, 1.807) is 24.3 Å². The molecule has 0 aliphatic carbocycles. The molecule has 3 rings (SSSR count). The van der Waals surface area contributed by atoms with E-state index in [2.05, 4.69) is 16.0 Å². The van der Waals surface area contributed by atoms with Gasteiger partial charge in [0.1, 0.15) is 11.8 Å². The van der Waals surface area contributed by atoms with Crippen LogP contribution in [0.1, 0.15) is 23.2 Å². The Kier molecular flexibility index (Phi) is 5.72. The summed E-state index contributed by atoms with van der Waals surface area (Å²) in [6.07, 6.45) is -0.0464. The minimum atomic E-state index is -0.896. The Labute approximate surface area is 165 Å². The lowest BCUT2D eigenvalue weighted by Crippen LogP contribution is -2.41. The number of nitro groups is 1. The van der Waals surface area contributed by atoms with Gasteiger partial charge in [0, 0.05) is 18.6 Å². The maximum atomic E-state index is 12.4. The van der Waals surface area contributed by atoms with Crippen LogP contribution in [-0.2, 0) is 9.59 Å². The summed E-state index contributed by atoms with van der Waals surface area (Å²) in [7, 11) is 1.37. The van der Waals surface area contributed by atoms with E-state index < -0.39 is 28.7 Å². The summed E-state index contributed by atoms with van der Waals surface area (Å²) in [6.45, 7) is 0. The van der Waals surface area contributed by atoms with E-state index in [0.29, 0.717) is 11.3 Å². The smallest absolute Gasteiger partial charge is 0.271 e. The molecule has 10 heteroatoms. The number of nitrogens with zero attached hydrogens (tertiary/aromatic N) is 1. The molecule has 2 aromatic rings. The fraction of sp³-hybridized carbons (Fsp3) is 0.211. The highest BCUT2D eigenvalue weighted by molar-refractivity contribution is 6.10. The van der Waals surface area contributed by atoms with Crippen molar-refractivity contribution in [2.45, 2.75) is 18.9 Å². The zero-order valence-corrected chi connectivity index (χ0v) is 15.4. The predicted octanol–water partition coefficient (Wildman–Crippen LogP) is 2.07. The molecule has 10 nitrogen and oxygen atoms in total. The molecule has 1 heterocycles. The van der Waals surface area contributed by atoms with Crippen molar-refractivity contribution in [1.82, 2.24) is 5.32 Å². The zero-order chi connectivity index (χ0) is 21.0. The number of hydrogen-bond acceptors (Lipinski definition) is 6. The van der Waals surface area contributed by atoms with Crippen LogP contribution in [0.2, 0.25) is 0 Å². The Bertz CT molecular complexity index is 990. The Morgan fingerprint density at radius 1 is 1.24 bits per heavy atom. The molecule has 1 unspecified atom stereocenters.